The fourth-order valence-electron chi connectivity index (χ4n) is 7.92. The number of hydrogen-bond acceptors (Lipinski definition) is 8. The van der Waals surface area contributed by atoms with E-state index >= 15 is 0 Å². The highest BCUT2D eigenvalue weighted by atomic mass is 16.5. The molecule has 0 aliphatic carbocycles. The van der Waals surface area contributed by atoms with E-state index in [-0.39, 0.29) is 0 Å². The van der Waals surface area contributed by atoms with E-state index < -0.39 is 0 Å². The van der Waals surface area contributed by atoms with Crippen molar-refractivity contribution in [3.8, 4) is 11.5 Å². The molecule has 0 saturated carbocycles. The van der Waals surface area contributed by atoms with Gasteiger partial charge in [0.1, 0.15) is 11.5 Å². The molecule has 1 aliphatic rings. The third kappa shape index (κ3) is 24.8. The van der Waals surface area contributed by atoms with Crippen LogP contribution in [0.1, 0.15) is 165 Å². The minimum absolute atomic E-state index is 0.358. The maximum absolute atomic E-state index is 10.8. The van der Waals surface area contributed by atoms with Crippen LogP contribution in [-0.2, 0) is 44.9 Å². The molecule has 0 unspecified atom stereocenters. The summed E-state index contributed by atoms with van der Waals surface area (Å²) in [4.78, 5) is 4.62. The summed E-state index contributed by atoms with van der Waals surface area (Å²) in [5, 5.41) is 21.5. The molecule has 0 spiro atoms. The van der Waals surface area contributed by atoms with Crippen LogP contribution in [0.3, 0.4) is 0 Å². The molecular formula is C50H86N2O6. The predicted molar refractivity (Wildman–Crippen MR) is 241 cm³/mol. The average molecular weight is 811 g/mol. The zero-order valence-electron chi connectivity index (χ0n) is 37.3. The van der Waals surface area contributed by atoms with Crippen molar-refractivity contribution >= 4 is 0 Å². The molecule has 1 saturated heterocycles. The normalized spacial score (nSPS) is 16.3. The van der Waals surface area contributed by atoms with E-state index in [9.17, 15) is 10.2 Å². The van der Waals surface area contributed by atoms with Crippen molar-refractivity contribution in [2.24, 2.45) is 0 Å². The molecule has 2 N–H and O–H groups in total. The van der Waals surface area contributed by atoms with E-state index in [0.717, 1.165) is 50.1 Å². The standard InChI is InChI=1S/C50H86N2O6/c1-3-5-7-9-11-13-15-17-19-21-23-45-25-27-49(53)47(41-45)43-51-29-33-55-37-39-57-35-31-52(32-36-58-40-38-56-34-30-51)44-48-42-46(26-28-50(48)54)24-22-20-18-16-14-12-10-8-6-4-2/h25-28,41-42,53-54H,3-24,29-40,43-44H2,1-2H3. The highest BCUT2D eigenvalue weighted by Crippen LogP contribution is 2.24. The van der Waals surface area contributed by atoms with Crippen LogP contribution in [0.15, 0.2) is 36.4 Å². The number of ether oxygens (including phenoxy) is 4. The fraction of sp³-hybridized carbons (Fsp3) is 0.760. The van der Waals surface area contributed by atoms with Gasteiger partial charge in [-0.2, -0.15) is 0 Å². The summed E-state index contributed by atoms with van der Waals surface area (Å²) in [6.07, 6.45) is 28.9. The number of phenolic OH excluding ortho intramolecular Hbond substituents is 2. The zero-order chi connectivity index (χ0) is 41.1. The van der Waals surface area contributed by atoms with Gasteiger partial charge in [0.25, 0.3) is 0 Å². The molecule has 1 heterocycles. The maximum atomic E-state index is 10.8. The smallest absolute Gasteiger partial charge is 0.120 e. The summed E-state index contributed by atoms with van der Waals surface area (Å²) in [5.74, 6) is 0.715. The minimum atomic E-state index is 0.358. The SMILES string of the molecule is CCCCCCCCCCCCc1ccc(O)c(CN2CCOCCOCCN(Cc3cc(CCCCCCCCCCCC)ccc3O)CCOCCOCC2)c1. The number of rotatable bonds is 26. The van der Waals surface area contributed by atoms with Crippen molar-refractivity contribution in [2.45, 2.75) is 168 Å². The average Bonchev–Trinajstić information content (AvgIpc) is 3.22. The quantitative estimate of drug-likeness (QED) is 0.0909. The van der Waals surface area contributed by atoms with E-state index in [2.05, 4.69) is 47.9 Å². The van der Waals surface area contributed by atoms with Gasteiger partial charge in [-0.05, 0) is 48.9 Å². The van der Waals surface area contributed by atoms with Gasteiger partial charge in [-0.25, -0.2) is 0 Å². The Kier molecular flexibility index (Phi) is 29.8. The summed E-state index contributed by atoms with van der Waals surface area (Å²) in [5.41, 5.74) is 4.55. The summed E-state index contributed by atoms with van der Waals surface area (Å²) in [6, 6.07) is 12.3. The molecule has 3 rings (SSSR count). The van der Waals surface area contributed by atoms with Crippen molar-refractivity contribution < 1.29 is 29.2 Å². The fourth-order valence-corrected chi connectivity index (χ4v) is 7.92. The highest BCUT2D eigenvalue weighted by molar-refractivity contribution is 5.37. The van der Waals surface area contributed by atoms with Gasteiger partial charge < -0.3 is 29.2 Å². The van der Waals surface area contributed by atoms with Gasteiger partial charge in [0.05, 0.1) is 52.9 Å². The topological polar surface area (TPSA) is 83.9 Å². The van der Waals surface area contributed by atoms with Gasteiger partial charge in [-0.15, -0.1) is 0 Å². The number of aryl methyl sites for hydroxylation is 2. The lowest BCUT2D eigenvalue weighted by molar-refractivity contribution is 0.00611. The van der Waals surface area contributed by atoms with E-state index in [1.807, 2.05) is 12.1 Å². The zero-order valence-corrected chi connectivity index (χ0v) is 37.3. The highest BCUT2D eigenvalue weighted by Gasteiger charge is 2.13. The third-order valence-electron chi connectivity index (χ3n) is 11.7. The Balaban J connectivity index is 1.38. The molecular weight excluding hydrogens is 725 g/mol. The van der Waals surface area contributed by atoms with Crippen molar-refractivity contribution in [1.29, 1.82) is 0 Å². The lowest BCUT2D eigenvalue weighted by atomic mass is 10.0. The second-order valence-corrected chi connectivity index (χ2v) is 16.8. The molecule has 0 amide bonds. The molecule has 1 aliphatic heterocycles. The number of aromatic hydroxyl groups is 2. The predicted octanol–water partition coefficient (Wildman–Crippen LogP) is 11.4. The van der Waals surface area contributed by atoms with E-state index in [1.165, 1.54) is 140 Å². The Morgan fingerprint density at radius 3 is 1.00 bits per heavy atom. The van der Waals surface area contributed by atoms with Crippen molar-refractivity contribution in [3.05, 3.63) is 58.7 Å². The monoisotopic (exact) mass is 811 g/mol. The molecule has 0 aromatic heterocycles. The van der Waals surface area contributed by atoms with Gasteiger partial charge in [0.15, 0.2) is 0 Å². The Morgan fingerprint density at radius 1 is 0.397 bits per heavy atom. The molecule has 0 bridgehead atoms. The Morgan fingerprint density at radius 2 is 0.690 bits per heavy atom. The summed E-state index contributed by atoms with van der Waals surface area (Å²) < 4.78 is 24.0. The number of nitrogens with zero attached hydrogens (tertiary/aromatic N) is 2. The molecule has 2 aromatic rings. The van der Waals surface area contributed by atoms with Crippen LogP contribution in [0.5, 0.6) is 11.5 Å². The first-order valence-electron chi connectivity index (χ1n) is 24.0. The molecule has 0 atom stereocenters. The van der Waals surface area contributed by atoms with E-state index in [0.29, 0.717) is 77.4 Å². The van der Waals surface area contributed by atoms with Gasteiger partial charge in [0.2, 0.25) is 0 Å². The van der Waals surface area contributed by atoms with Gasteiger partial charge in [-0.1, -0.05) is 154 Å². The number of hydrogen-bond donors (Lipinski definition) is 2. The molecule has 8 heteroatoms. The number of phenols is 2. The Hall–Kier alpha value is -2.20. The van der Waals surface area contributed by atoms with Gasteiger partial charge in [0, 0.05) is 50.4 Å². The van der Waals surface area contributed by atoms with Crippen LogP contribution in [-0.4, -0.2) is 99.0 Å². The lowest BCUT2D eigenvalue weighted by Crippen LogP contribution is -2.32. The Bertz CT molecular complexity index is 1150. The molecule has 2 aromatic carbocycles. The third-order valence-corrected chi connectivity index (χ3v) is 11.7. The number of unbranched alkanes of at least 4 members (excludes halogenated alkanes) is 18. The molecule has 8 nitrogen and oxygen atoms in total. The minimum Gasteiger partial charge on any atom is -0.508 e. The summed E-state index contributed by atoms with van der Waals surface area (Å²) in [7, 11) is 0. The van der Waals surface area contributed by atoms with E-state index in [4.69, 9.17) is 18.9 Å². The van der Waals surface area contributed by atoms with Crippen LogP contribution >= 0.6 is 0 Å². The summed E-state index contributed by atoms with van der Waals surface area (Å²) >= 11 is 0. The van der Waals surface area contributed by atoms with Crippen LogP contribution in [0.2, 0.25) is 0 Å². The van der Waals surface area contributed by atoms with Crippen molar-refractivity contribution in [2.75, 3.05) is 79.0 Å². The molecule has 1 fully saturated rings. The number of benzene rings is 2. The van der Waals surface area contributed by atoms with Gasteiger partial charge >= 0.3 is 0 Å². The second-order valence-electron chi connectivity index (χ2n) is 16.8. The van der Waals surface area contributed by atoms with Crippen molar-refractivity contribution in [1.82, 2.24) is 9.80 Å². The van der Waals surface area contributed by atoms with Crippen LogP contribution in [0.25, 0.3) is 0 Å². The Labute approximate surface area is 355 Å². The molecule has 332 valence electrons. The van der Waals surface area contributed by atoms with Crippen LogP contribution < -0.4 is 0 Å². The first-order valence-corrected chi connectivity index (χ1v) is 24.0. The molecule has 0 radical (unpaired) electrons. The first kappa shape index (κ1) is 50.2. The largest absolute Gasteiger partial charge is 0.508 e. The molecule has 58 heavy (non-hydrogen) atoms. The summed E-state index contributed by atoms with van der Waals surface area (Å²) in [6.45, 7) is 13.4. The van der Waals surface area contributed by atoms with Crippen LogP contribution in [0.4, 0.5) is 0 Å². The lowest BCUT2D eigenvalue weighted by Gasteiger charge is -2.24. The van der Waals surface area contributed by atoms with Crippen LogP contribution in [0, 0.1) is 0 Å². The first-order chi connectivity index (χ1) is 28.6. The van der Waals surface area contributed by atoms with Gasteiger partial charge in [-0.3, -0.25) is 9.80 Å². The van der Waals surface area contributed by atoms with Crippen molar-refractivity contribution in [3.63, 3.8) is 0 Å². The van der Waals surface area contributed by atoms with E-state index in [1.54, 1.807) is 0 Å². The second kappa shape index (κ2) is 34.5. The maximum Gasteiger partial charge on any atom is 0.120 e.